The van der Waals surface area contributed by atoms with Crippen molar-refractivity contribution < 1.29 is 93.5 Å². The molecule has 200 valence electrons. The predicted molar refractivity (Wildman–Crippen MR) is 67.9 cm³/mol. The fourth-order valence-electron chi connectivity index (χ4n) is 1.96. The summed E-state index contributed by atoms with van der Waals surface area (Å²) in [7, 11) is -5.84. The fraction of sp³-hybridized carbons (Fsp3) is 1.00. The van der Waals surface area contributed by atoms with E-state index in [0.29, 0.717) is 0 Å². The quantitative estimate of drug-likeness (QED) is 0.260. The average molecular weight is 558 g/mol. The van der Waals surface area contributed by atoms with Gasteiger partial charge in [0.05, 0.1) is 6.10 Å². The van der Waals surface area contributed by atoms with Crippen molar-refractivity contribution in [2.75, 3.05) is 0 Å². The monoisotopic (exact) mass is 558 g/mol. The van der Waals surface area contributed by atoms with E-state index in [0.717, 1.165) is 0 Å². The lowest BCUT2D eigenvalue weighted by molar-refractivity contribution is -0.462. The first kappa shape index (κ1) is 31.9. The van der Waals surface area contributed by atoms with Crippen molar-refractivity contribution >= 4 is 7.82 Å². The lowest BCUT2D eigenvalue weighted by atomic mass is 9.88. The van der Waals surface area contributed by atoms with Gasteiger partial charge in [0.1, 0.15) is 0 Å². The maximum atomic E-state index is 13.5. The molecule has 22 heteroatoms. The maximum absolute atomic E-state index is 13.5. The molecular formula is C11H8F17O4P. The third-order valence-corrected chi connectivity index (χ3v) is 4.28. The van der Waals surface area contributed by atoms with Crippen molar-refractivity contribution in [3.8, 4) is 0 Å². The van der Waals surface area contributed by atoms with E-state index in [-0.39, 0.29) is 6.92 Å². The topological polar surface area (TPSA) is 66.8 Å². The fourth-order valence-corrected chi connectivity index (χ4v) is 2.50. The van der Waals surface area contributed by atoms with Crippen molar-refractivity contribution in [3.63, 3.8) is 0 Å². The minimum Gasteiger partial charge on any atom is -0.303 e. The summed E-state index contributed by atoms with van der Waals surface area (Å²) in [6.07, 6.45) is -13.9. The lowest BCUT2D eigenvalue weighted by Gasteiger charge is -2.43. The summed E-state index contributed by atoms with van der Waals surface area (Å²) in [5.74, 6) is -57.5. The molecule has 0 fully saturated rings. The summed E-state index contributed by atoms with van der Waals surface area (Å²) >= 11 is 0. The maximum Gasteiger partial charge on any atom is 0.469 e. The predicted octanol–water partition coefficient (Wildman–Crippen LogP) is 5.88. The van der Waals surface area contributed by atoms with Gasteiger partial charge in [-0.2, -0.15) is 74.6 Å². The van der Waals surface area contributed by atoms with Crippen LogP contribution in [0, 0.1) is 0 Å². The first-order valence-electron chi connectivity index (χ1n) is 7.30. The molecule has 0 amide bonds. The van der Waals surface area contributed by atoms with Gasteiger partial charge in [-0.3, -0.25) is 4.52 Å². The number of phosphoric ester groups is 1. The molecule has 1 atom stereocenters. The van der Waals surface area contributed by atoms with Gasteiger partial charge in [0.25, 0.3) is 0 Å². The Morgan fingerprint density at radius 3 is 1.15 bits per heavy atom. The van der Waals surface area contributed by atoms with E-state index >= 15 is 0 Å². The highest BCUT2D eigenvalue weighted by Crippen LogP contribution is 2.64. The Morgan fingerprint density at radius 1 is 0.606 bits per heavy atom. The van der Waals surface area contributed by atoms with Gasteiger partial charge in [-0.05, 0) is 6.92 Å². The minimum absolute atomic E-state index is 0.0198. The smallest absolute Gasteiger partial charge is 0.303 e. The van der Waals surface area contributed by atoms with Crippen LogP contribution >= 0.6 is 7.82 Å². The van der Waals surface area contributed by atoms with Crippen LogP contribution in [0.15, 0.2) is 0 Å². The number of alkyl halides is 17. The number of phosphoric acid groups is 1. The van der Waals surface area contributed by atoms with Crippen molar-refractivity contribution in [2.45, 2.75) is 67.1 Å². The highest BCUT2D eigenvalue weighted by Gasteiger charge is 2.95. The van der Waals surface area contributed by atoms with Crippen molar-refractivity contribution in [2.24, 2.45) is 0 Å². The van der Waals surface area contributed by atoms with Crippen LogP contribution in [-0.4, -0.2) is 63.5 Å². The number of hydrogen-bond acceptors (Lipinski definition) is 2. The molecular weight excluding hydrogens is 550 g/mol. The molecule has 0 aromatic carbocycles. The molecule has 0 rings (SSSR count). The molecule has 0 spiro atoms. The van der Waals surface area contributed by atoms with Crippen LogP contribution in [0.1, 0.15) is 13.3 Å². The van der Waals surface area contributed by atoms with Crippen LogP contribution in [-0.2, 0) is 9.09 Å². The summed E-state index contributed by atoms with van der Waals surface area (Å²) in [4.78, 5) is 16.5. The second kappa shape index (κ2) is 8.25. The Morgan fingerprint density at radius 2 is 0.879 bits per heavy atom. The third kappa shape index (κ3) is 5.00. The van der Waals surface area contributed by atoms with Gasteiger partial charge < -0.3 is 9.79 Å². The SMILES string of the molecule is CC(CC(F)(F)C(F)(F)C(F)(F)C(F)(F)C(F)(F)C(F)(F)C(F)(F)C(F)(F)F)OP(=O)(O)O. The first-order chi connectivity index (χ1) is 13.9. The Balaban J connectivity index is 6.56. The van der Waals surface area contributed by atoms with Crippen molar-refractivity contribution in [3.05, 3.63) is 0 Å². The van der Waals surface area contributed by atoms with Gasteiger partial charge >= 0.3 is 55.5 Å². The summed E-state index contributed by atoms with van der Waals surface area (Å²) in [5.41, 5.74) is 0. The molecule has 33 heavy (non-hydrogen) atoms. The molecule has 0 bridgehead atoms. The third-order valence-electron chi connectivity index (χ3n) is 3.65. The van der Waals surface area contributed by atoms with Gasteiger partial charge in [-0.15, -0.1) is 0 Å². The second-order valence-electron chi connectivity index (χ2n) is 6.26. The van der Waals surface area contributed by atoms with Crippen LogP contribution < -0.4 is 0 Å². The van der Waals surface area contributed by atoms with Gasteiger partial charge in [0, 0.05) is 6.42 Å². The molecule has 4 nitrogen and oxygen atoms in total. The normalized spacial score (nSPS) is 17.3. The molecule has 0 aliphatic heterocycles. The summed E-state index contributed by atoms with van der Waals surface area (Å²) < 4.78 is 235. The molecule has 1 unspecified atom stereocenters. The van der Waals surface area contributed by atoms with Gasteiger partial charge in [0.15, 0.2) is 0 Å². The Labute approximate surface area is 169 Å². The molecule has 0 aromatic heterocycles. The lowest BCUT2D eigenvalue weighted by Crippen LogP contribution is -2.74. The zero-order valence-electron chi connectivity index (χ0n) is 14.9. The van der Waals surface area contributed by atoms with E-state index < -0.39 is 68.0 Å². The summed E-state index contributed by atoms with van der Waals surface area (Å²) in [5, 5.41) is 0. The van der Waals surface area contributed by atoms with E-state index in [2.05, 4.69) is 4.52 Å². The second-order valence-corrected chi connectivity index (χ2v) is 7.45. The molecule has 0 aliphatic carbocycles. The van der Waals surface area contributed by atoms with E-state index in [1.54, 1.807) is 0 Å². The summed E-state index contributed by atoms with van der Waals surface area (Å²) in [6.45, 7) is 0.0198. The number of rotatable bonds is 10. The number of halogens is 17. The highest BCUT2D eigenvalue weighted by molar-refractivity contribution is 7.46. The largest absolute Gasteiger partial charge is 0.469 e. The van der Waals surface area contributed by atoms with Gasteiger partial charge in [0.2, 0.25) is 0 Å². The molecule has 0 saturated heterocycles. The average Bonchev–Trinajstić information content (AvgIpc) is 2.49. The van der Waals surface area contributed by atoms with E-state index in [1.807, 2.05) is 0 Å². The summed E-state index contributed by atoms with van der Waals surface area (Å²) in [6, 6.07) is 0. The van der Waals surface area contributed by atoms with Crippen LogP contribution in [0.5, 0.6) is 0 Å². The molecule has 0 aliphatic rings. The Hall–Kier alpha value is -1.08. The highest BCUT2D eigenvalue weighted by atomic mass is 31.2. The van der Waals surface area contributed by atoms with Crippen LogP contribution in [0.25, 0.3) is 0 Å². The molecule has 0 aromatic rings. The standard InChI is InChI=1S/C11H8F17O4P/c1-3(32-33(29,30)31)2-4(12,13)5(14,15)6(16,17)7(18,19)8(20,21)9(22,23)10(24,25)11(26,27)28/h3H,2H2,1H3,(H2,29,30,31). The number of hydrogen-bond donors (Lipinski definition) is 2. The van der Waals surface area contributed by atoms with Crippen LogP contribution in [0.3, 0.4) is 0 Å². The zero-order chi connectivity index (χ0) is 27.5. The van der Waals surface area contributed by atoms with E-state index in [4.69, 9.17) is 9.79 Å². The molecule has 0 saturated carbocycles. The zero-order valence-corrected chi connectivity index (χ0v) is 15.8. The van der Waals surface area contributed by atoms with E-state index in [9.17, 15) is 79.2 Å². The molecule has 0 radical (unpaired) electrons. The van der Waals surface area contributed by atoms with Crippen LogP contribution in [0.2, 0.25) is 0 Å². The van der Waals surface area contributed by atoms with Gasteiger partial charge in [-0.1, -0.05) is 0 Å². The minimum atomic E-state index is -8.74. The van der Waals surface area contributed by atoms with E-state index in [1.165, 1.54) is 0 Å². The van der Waals surface area contributed by atoms with Crippen LogP contribution in [0.4, 0.5) is 74.6 Å². The first-order valence-corrected chi connectivity index (χ1v) is 8.83. The van der Waals surface area contributed by atoms with Crippen molar-refractivity contribution in [1.82, 2.24) is 0 Å². The Bertz CT molecular complexity index is 755. The molecule has 0 heterocycles. The van der Waals surface area contributed by atoms with Gasteiger partial charge in [-0.25, -0.2) is 4.57 Å². The molecule has 2 N–H and O–H groups in total. The van der Waals surface area contributed by atoms with Crippen molar-refractivity contribution in [1.29, 1.82) is 0 Å². The Kier molecular flexibility index (Phi) is 7.98.